The van der Waals surface area contributed by atoms with E-state index in [0.29, 0.717) is 5.75 Å². The maximum absolute atomic E-state index is 10.7. The van der Waals surface area contributed by atoms with Crippen LogP contribution in [0.2, 0.25) is 0 Å². The van der Waals surface area contributed by atoms with Crippen LogP contribution in [0.5, 0.6) is 11.5 Å². The number of ether oxygens (including phenoxy) is 1. The maximum atomic E-state index is 10.7. The number of aryl methyl sites for hydroxylation is 1. The molecule has 3 nitrogen and oxygen atoms in total. The molecule has 0 fully saturated rings. The monoisotopic (exact) mass is 220 g/mol. The highest BCUT2D eigenvalue weighted by Gasteiger charge is 2.01. The highest BCUT2D eigenvalue weighted by molar-refractivity contribution is 5.87. The molecule has 0 saturated carbocycles. The van der Waals surface area contributed by atoms with Gasteiger partial charge in [-0.15, -0.1) is 0 Å². The van der Waals surface area contributed by atoms with Crippen molar-refractivity contribution in [1.29, 1.82) is 0 Å². The third-order valence-corrected chi connectivity index (χ3v) is 2.20. The van der Waals surface area contributed by atoms with Crippen LogP contribution >= 0.6 is 0 Å². The van der Waals surface area contributed by atoms with Gasteiger partial charge >= 0.3 is 0 Å². The Kier molecular flexibility index (Phi) is 4.58. The lowest BCUT2D eigenvalue weighted by molar-refractivity contribution is -0.112. The van der Waals surface area contributed by atoms with E-state index in [1.165, 1.54) is 14.0 Å². The highest BCUT2D eigenvalue weighted by Crippen LogP contribution is 2.26. The Hall–Kier alpha value is -1.77. The van der Waals surface area contributed by atoms with Gasteiger partial charge in [-0.2, -0.15) is 0 Å². The van der Waals surface area contributed by atoms with Crippen molar-refractivity contribution in [3.63, 3.8) is 0 Å². The van der Waals surface area contributed by atoms with Gasteiger partial charge < -0.3 is 9.84 Å². The number of carbonyl (C=O) groups is 1. The second-order valence-corrected chi connectivity index (χ2v) is 3.56. The second-order valence-electron chi connectivity index (χ2n) is 3.56. The van der Waals surface area contributed by atoms with Crippen LogP contribution in [0.4, 0.5) is 0 Å². The molecule has 0 radical (unpaired) electrons. The fourth-order valence-electron chi connectivity index (χ4n) is 1.38. The summed E-state index contributed by atoms with van der Waals surface area (Å²) in [5.41, 5.74) is 1.07. The molecule has 0 aromatic heterocycles. The molecule has 0 bridgehead atoms. The van der Waals surface area contributed by atoms with Crippen LogP contribution < -0.4 is 4.74 Å². The minimum absolute atomic E-state index is 0.0586. The summed E-state index contributed by atoms with van der Waals surface area (Å²) in [6.07, 6.45) is 5.03. The summed E-state index contributed by atoms with van der Waals surface area (Å²) in [5, 5.41) is 9.40. The first-order chi connectivity index (χ1) is 7.63. The van der Waals surface area contributed by atoms with Crippen LogP contribution in [0.15, 0.2) is 30.4 Å². The van der Waals surface area contributed by atoms with Gasteiger partial charge in [-0.3, -0.25) is 4.79 Å². The molecule has 0 amide bonds. The third-order valence-electron chi connectivity index (χ3n) is 2.20. The van der Waals surface area contributed by atoms with Gasteiger partial charge in [-0.25, -0.2) is 0 Å². The molecule has 0 aliphatic heterocycles. The van der Waals surface area contributed by atoms with Crippen LogP contribution in [0.25, 0.3) is 0 Å². The molecule has 1 aromatic rings. The number of hydrogen-bond acceptors (Lipinski definition) is 3. The molecule has 0 unspecified atom stereocenters. The van der Waals surface area contributed by atoms with Gasteiger partial charge in [-0.1, -0.05) is 12.1 Å². The van der Waals surface area contributed by atoms with Gasteiger partial charge in [0, 0.05) is 0 Å². The molecule has 1 aromatic carbocycles. The molecule has 3 heteroatoms. The Balaban J connectivity index is 2.58. The minimum atomic E-state index is 0.0586. The summed E-state index contributed by atoms with van der Waals surface area (Å²) in [4.78, 5) is 10.7. The van der Waals surface area contributed by atoms with Crippen molar-refractivity contribution in [3.05, 3.63) is 35.9 Å². The summed E-state index contributed by atoms with van der Waals surface area (Å²) < 4.78 is 5.01. The van der Waals surface area contributed by atoms with E-state index in [4.69, 9.17) is 4.74 Å². The Morgan fingerprint density at radius 3 is 2.88 bits per heavy atom. The SMILES string of the molecule is COc1cc(CCC=CC(C)=O)ccc1O. The lowest BCUT2D eigenvalue weighted by Crippen LogP contribution is -1.88. The van der Waals surface area contributed by atoms with Crippen molar-refractivity contribution < 1.29 is 14.6 Å². The molecule has 0 aliphatic rings. The first-order valence-corrected chi connectivity index (χ1v) is 5.16. The number of allylic oxidation sites excluding steroid dienone is 2. The quantitative estimate of drug-likeness (QED) is 0.775. The Labute approximate surface area is 95.4 Å². The van der Waals surface area contributed by atoms with Crippen molar-refractivity contribution >= 4 is 5.78 Å². The van der Waals surface area contributed by atoms with Crippen molar-refractivity contribution in [2.75, 3.05) is 7.11 Å². The number of methoxy groups -OCH3 is 1. The van der Waals surface area contributed by atoms with E-state index in [9.17, 15) is 9.90 Å². The van der Waals surface area contributed by atoms with Gasteiger partial charge in [0.2, 0.25) is 0 Å². The molecule has 86 valence electrons. The maximum Gasteiger partial charge on any atom is 0.160 e. The number of phenolic OH excluding ortho intramolecular Hbond substituents is 1. The highest BCUT2D eigenvalue weighted by atomic mass is 16.5. The molecule has 1 rings (SSSR count). The molecule has 0 aliphatic carbocycles. The zero-order chi connectivity index (χ0) is 12.0. The molecular formula is C13H16O3. The van der Waals surface area contributed by atoms with Crippen molar-refractivity contribution in [2.45, 2.75) is 19.8 Å². The van der Waals surface area contributed by atoms with Crippen molar-refractivity contribution in [1.82, 2.24) is 0 Å². The zero-order valence-corrected chi connectivity index (χ0v) is 9.56. The van der Waals surface area contributed by atoms with Crippen molar-refractivity contribution in [2.24, 2.45) is 0 Å². The normalized spacial score (nSPS) is 10.6. The van der Waals surface area contributed by atoms with E-state index in [2.05, 4.69) is 0 Å². The smallest absolute Gasteiger partial charge is 0.160 e. The Morgan fingerprint density at radius 1 is 1.50 bits per heavy atom. The predicted molar refractivity (Wildman–Crippen MR) is 62.8 cm³/mol. The molecule has 0 atom stereocenters. The first-order valence-electron chi connectivity index (χ1n) is 5.16. The third kappa shape index (κ3) is 3.77. The molecule has 1 N–H and O–H groups in total. The van der Waals surface area contributed by atoms with E-state index < -0.39 is 0 Å². The van der Waals surface area contributed by atoms with E-state index >= 15 is 0 Å². The average Bonchev–Trinajstić information content (AvgIpc) is 2.26. The number of rotatable bonds is 5. The summed E-state index contributed by atoms with van der Waals surface area (Å²) in [5.74, 6) is 0.682. The van der Waals surface area contributed by atoms with Gasteiger partial charge in [0.05, 0.1) is 7.11 Å². The zero-order valence-electron chi connectivity index (χ0n) is 9.56. The molecule has 0 spiro atoms. The van der Waals surface area contributed by atoms with Crippen LogP contribution in [0, 0.1) is 0 Å². The number of phenols is 1. The summed E-state index contributed by atoms with van der Waals surface area (Å²) in [6.45, 7) is 1.53. The topological polar surface area (TPSA) is 46.5 Å². The predicted octanol–water partition coefficient (Wildman–Crippen LogP) is 2.48. The molecule has 0 heterocycles. The fourth-order valence-corrected chi connectivity index (χ4v) is 1.38. The van der Waals surface area contributed by atoms with E-state index in [1.807, 2.05) is 12.1 Å². The fraction of sp³-hybridized carbons (Fsp3) is 0.308. The Morgan fingerprint density at radius 2 is 2.25 bits per heavy atom. The number of carbonyl (C=O) groups excluding carboxylic acids is 1. The second kappa shape index (κ2) is 5.95. The summed E-state index contributed by atoms with van der Waals surface area (Å²) >= 11 is 0. The number of benzene rings is 1. The van der Waals surface area contributed by atoms with Crippen molar-refractivity contribution in [3.8, 4) is 11.5 Å². The summed E-state index contributed by atoms with van der Waals surface area (Å²) in [7, 11) is 1.52. The van der Waals surface area contributed by atoms with Gasteiger partial charge in [0.25, 0.3) is 0 Å². The average molecular weight is 220 g/mol. The lowest BCUT2D eigenvalue weighted by atomic mass is 10.1. The van der Waals surface area contributed by atoms with Crippen LogP contribution in [0.3, 0.4) is 0 Å². The van der Waals surface area contributed by atoms with Crippen LogP contribution in [-0.2, 0) is 11.2 Å². The van der Waals surface area contributed by atoms with Crippen LogP contribution in [-0.4, -0.2) is 18.0 Å². The van der Waals surface area contributed by atoms with E-state index in [-0.39, 0.29) is 11.5 Å². The lowest BCUT2D eigenvalue weighted by Gasteiger charge is -2.05. The number of hydrogen-bond donors (Lipinski definition) is 1. The molecule has 0 saturated heterocycles. The summed E-state index contributed by atoms with van der Waals surface area (Å²) in [6, 6.07) is 5.26. The van der Waals surface area contributed by atoms with Crippen LogP contribution in [0.1, 0.15) is 18.9 Å². The minimum Gasteiger partial charge on any atom is -0.504 e. The molecule has 16 heavy (non-hydrogen) atoms. The van der Waals surface area contributed by atoms with Gasteiger partial charge in [0.1, 0.15) is 0 Å². The molecular weight excluding hydrogens is 204 g/mol. The van der Waals surface area contributed by atoms with Gasteiger partial charge in [0.15, 0.2) is 17.3 Å². The number of aromatic hydroxyl groups is 1. The van der Waals surface area contributed by atoms with Gasteiger partial charge in [-0.05, 0) is 43.5 Å². The van der Waals surface area contributed by atoms with E-state index in [0.717, 1.165) is 18.4 Å². The number of ketones is 1. The standard InChI is InChI=1S/C13H16O3/c1-10(14)5-3-4-6-11-7-8-12(15)13(9-11)16-2/h3,5,7-9,15H,4,6H2,1-2H3. The van der Waals surface area contributed by atoms with E-state index in [1.54, 1.807) is 18.2 Å². The Bertz CT molecular complexity index is 394. The first kappa shape index (κ1) is 12.3. The largest absolute Gasteiger partial charge is 0.504 e.